The highest BCUT2D eigenvalue weighted by Gasteiger charge is 2.09. The molecule has 1 rings (SSSR count). The van der Waals surface area contributed by atoms with Gasteiger partial charge in [-0.15, -0.1) is 0 Å². The molecule has 0 N–H and O–H groups in total. The van der Waals surface area contributed by atoms with Crippen LogP contribution in [0, 0.1) is 11.3 Å². The number of nitriles is 1. The van der Waals surface area contributed by atoms with E-state index in [0.29, 0.717) is 0 Å². The zero-order chi connectivity index (χ0) is 10.7. The van der Waals surface area contributed by atoms with Crippen molar-refractivity contribution in [1.29, 1.82) is 5.26 Å². The standard InChI is InChI=1S/C9H5Cl2NO2/c1-5(13)14-9-3-7(10)6(4-12)2-8(9)11/h2-3H,1H3. The Morgan fingerprint density at radius 1 is 1.43 bits per heavy atom. The maximum absolute atomic E-state index is 10.6. The second-order valence-electron chi connectivity index (χ2n) is 2.47. The van der Waals surface area contributed by atoms with Gasteiger partial charge >= 0.3 is 5.97 Å². The summed E-state index contributed by atoms with van der Waals surface area (Å²) in [5, 5.41) is 9.00. The summed E-state index contributed by atoms with van der Waals surface area (Å²) < 4.78 is 4.76. The van der Waals surface area contributed by atoms with E-state index in [1.54, 1.807) is 0 Å². The molecule has 0 unspecified atom stereocenters. The van der Waals surface area contributed by atoms with Crippen molar-refractivity contribution in [2.24, 2.45) is 0 Å². The van der Waals surface area contributed by atoms with Gasteiger partial charge in [0.25, 0.3) is 0 Å². The van der Waals surface area contributed by atoms with Gasteiger partial charge in [-0.2, -0.15) is 5.26 Å². The minimum Gasteiger partial charge on any atom is -0.425 e. The van der Waals surface area contributed by atoms with Crippen LogP contribution in [0.15, 0.2) is 12.1 Å². The lowest BCUT2D eigenvalue weighted by Gasteiger charge is -2.04. The molecule has 0 bridgehead atoms. The molecule has 0 saturated carbocycles. The number of benzene rings is 1. The van der Waals surface area contributed by atoms with Crippen LogP contribution >= 0.6 is 23.2 Å². The van der Waals surface area contributed by atoms with E-state index < -0.39 is 5.97 Å². The van der Waals surface area contributed by atoms with Crippen molar-refractivity contribution in [3.63, 3.8) is 0 Å². The molecule has 0 aromatic heterocycles. The van der Waals surface area contributed by atoms with Gasteiger partial charge in [0, 0.05) is 13.0 Å². The largest absolute Gasteiger partial charge is 0.425 e. The molecule has 3 nitrogen and oxygen atoms in total. The van der Waals surface area contributed by atoms with Gasteiger partial charge in [-0.25, -0.2) is 0 Å². The van der Waals surface area contributed by atoms with Crippen LogP contribution in [0.4, 0.5) is 0 Å². The monoisotopic (exact) mass is 229 g/mol. The molecule has 0 aliphatic rings. The quantitative estimate of drug-likeness (QED) is 0.550. The molecular formula is C9H5Cl2NO2. The van der Waals surface area contributed by atoms with Crippen LogP contribution in [0.2, 0.25) is 10.0 Å². The molecule has 0 spiro atoms. The number of rotatable bonds is 1. The summed E-state index contributed by atoms with van der Waals surface area (Å²) in [4.78, 5) is 10.6. The van der Waals surface area contributed by atoms with Crippen LogP contribution < -0.4 is 4.74 Å². The molecule has 0 heterocycles. The second kappa shape index (κ2) is 4.32. The molecule has 0 aliphatic heterocycles. The first-order valence-electron chi connectivity index (χ1n) is 3.62. The molecule has 0 saturated heterocycles. The molecule has 0 atom stereocenters. The highest BCUT2D eigenvalue weighted by molar-refractivity contribution is 6.35. The van der Waals surface area contributed by atoms with Gasteiger partial charge < -0.3 is 4.74 Å². The summed E-state index contributed by atoms with van der Waals surface area (Å²) in [5.74, 6) is -0.337. The molecule has 1 aromatic carbocycles. The Kier molecular flexibility index (Phi) is 3.34. The number of hydrogen-bond acceptors (Lipinski definition) is 3. The van der Waals surface area contributed by atoms with E-state index in [-0.39, 0.29) is 21.4 Å². The molecule has 1 aromatic rings. The normalized spacial score (nSPS) is 9.29. The van der Waals surface area contributed by atoms with Crippen LogP contribution in [0.25, 0.3) is 0 Å². The number of nitrogens with zero attached hydrogens (tertiary/aromatic N) is 1. The lowest BCUT2D eigenvalue weighted by Crippen LogP contribution is -2.02. The summed E-state index contributed by atoms with van der Waals surface area (Å²) in [7, 11) is 0. The first kappa shape index (κ1) is 10.8. The Bertz CT molecular complexity index is 424. The van der Waals surface area contributed by atoms with E-state index in [9.17, 15) is 4.79 Å². The third-order valence-corrected chi connectivity index (χ3v) is 2.00. The van der Waals surface area contributed by atoms with E-state index >= 15 is 0 Å². The summed E-state index contributed by atoms with van der Waals surface area (Å²) >= 11 is 11.4. The van der Waals surface area contributed by atoms with E-state index in [4.69, 9.17) is 33.2 Å². The van der Waals surface area contributed by atoms with Crippen molar-refractivity contribution >= 4 is 29.2 Å². The predicted molar refractivity (Wildman–Crippen MR) is 52.5 cm³/mol. The highest BCUT2D eigenvalue weighted by Crippen LogP contribution is 2.30. The number of hydrogen-bond donors (Lipinski definition) is 0. The Morgan fingerprint density at radius 3 is 2.57 bits per heavy atom. The fourth-order valence-corrected chi connectivity index (χ4v) is 1.25. The zero-order valence-electron chi connectivity index (χ0n) is 7.17. The second-order valence-corrected chi connectivity index (χ2v) is 3.28. The summed E-state index contributed by atoms with van der Waals surface area (Å²) in [5.41, 5.74) is 0.243. The number of ether oxygens (including phenoxy) is 1. The van der Waals surface area contributed by atoms with Crippen LogP contribution in [-0.2, 0) is 4.79 Å². The molecule has 5 heteroatoms. The number of halogens is 2. The number of carbonyl (C=O) groups excluding carboxylic acids is 1. The zero-order valence-corrected chi connectivity index (χ0v) is 8.69. The minimum atomic E-state index is -0.493. The predicted octanol–water partition coefficient (Wildman–Crippen LogP) is 2.79. The first-order chi connectivity index (χ1) is 6.54. The average Bonchev–Trinajstić information content (AvgIpc) is 2.10. The number of carbonyl (C=O) groups is 1. The van der Waals surface area contributed by atoms with Gasteiger partial charge in [-0.3, -0.25) is 4.79 Å². The van der Waals surface area contributed by atoms with Crippen molar-refractivity contribution in [2.45, 2.75) is 6.92 Å². The van der Waals surface area contributed by atoms with Crippen LogP contribution in [0.3, 0.4) is 0 Å². The van der Waals surface area contributed by atoms with Crippen molar-refractivity contribution < 1.29 is 9.53 Å². The Morgan fingerprint density at radius 2 is 2.07 bits per heavy atom. The lowest BCUT2D eigenvalue weighted by atomic mass is 10.2. The van der Waals surface area contributed by atoms with E-state index in [2.05, 4.69) is 0 Å². The number of esters is 1. The molecule has 0 radical (unpaired) electrons. The molecule has 0 aliphatic carbocycles. The Balaban J connectivity index is 3.16. The summed E-state index contributed by atoms with van der Waals surface area (Å²) in [6, 6.07) is 4.55. The van der Waals surface area contributed by atoms with E-state index in [0.717, 1.165) is 0 Å². The topological polar surface area (TPSA) is 50.1 Å². The Hall–Kier alpha value is -1.24. The first-order valence-corrected chi connectivity index (χ1v) is 4.37. The van der Waals surface area contributed by atoms with Crippen molar-refractivity contribution in [3.05, 3.63) is 27.7 Å². The van der Waals surface area contributed by atoms with Gasteiger partial charge in [0.05, 0.1) is 15.6 Å². The SMILES string of the molecule is CC(=O)Oc1cc(Cl)c(C#N)cc1Cl. The van der Waals surface area contributed by atoms with Crippen LogP contribution in [-0.4, -0.2) is 5.97 Å². The van der Waals surface area contributed by atoms with Crippen LogP contribution in [0.1, 0.15) is 12.5 Å². The third kappa shape index (κ3) is 2.38. The fraction of sp³-hybridized carbons (Fsp3) is 0.111. The van der Waals surface area contributed by atoms with E-state index in [1.165, 1.54) is 19.1 Å². The van der Waals surface area contributed by atoms with Gasteiger partial charge in [-0.1, -0.05) is 23.2 Å². The Labute approximate surface area is 90.8 Å². The van der Waals surface area contributed by atoms with Gasteiger partial charge in [0.15, 0.2) is 5.75 Å². The van der Waals surface area contributed by atoms with Crippen molar-refractivity contribution in [3.8, 4) is 11.8 Å². The highest BCUT2D eigenvalue weighted by atomic mass is 35.5. The molecule has 0 fully saturated rings. The van der Waals surface area contributed by atoms with Gasteiger partial charge in [-0.05, 0) is 6.07 Å². The maximum Gasteiger partial charge on any atom is 0.308 e. The fourth-order valence-electron chi connectivity index (χ4n) is 0.847. The van der Waals surface area contributed by atoms with Crippen LogP contribution in [0.5, 0.6) is 5.75 Å². The van der Waals surface area contributed by atoms with Gasteiger partial charge in [0.2, 0.25) is 0 Å². The van der Waals surface area contributed by atoms with Crippen molar-refractivity contribution in [2.75, 3.05) is 0 Å². The molecular weight excluding hydrogens is 225 g/mol. The summed E-state index contributed by atoms with van der Waals surface area (Å²) in [6.07, 6.45) is 0. The lowest BCUT2D eigenvalue weighted by molar-refractivity contribution is -0.131. The smallest absolute Gasteiger partial charge is 0.308 e. The third-order valence-electron chi connectivity index (χ3n) is 1.40. The van der Waals surface area contributed by atoms with Crippen molar-refractivity contribution in [1.82, 2.24) is 0 Å². The minimum absolute atomic E-state index is 0.156. The summed E-state index contributed by atoms with van der Waals surface area (Å²) in [6.45, 7) is 1.25. The van der Waals surface area contributed by atoms with Gasteiger partial charge in [0.1, 0.15) is 6.07 Å². The molecule has 0 amide bonds. The maximum atomic E-state index is 10.6. The molecule has 14 heavy (non-hydrogen) atoms. The van der Waals surface area contributed by atoms with E-state index in [1.807, 2.05) is 6.07 Å². The average molecular weight is 230 g/mol. The molecule has 72 valence electrons.